The Bertz CT molecular complexity index is 470. The molecule has 2 N–H and O–H groups in total. The van der Waals surface area contributed by atoms with Crippen LogP contribution in [0.25, 0.3) is 0 Å². The van der Waals surface area contributed by atoms with Gasteiger partial charge < -0.3 is 15.2 Å². The smallest absolute Gasteiger partial charge is 0.252 e. The molecule has 2 rings (SSSR count). The van der Waals surface area contributed by atoms with Gasteiger partial charge in [-0.15, -0.1) is 11.6 Å². The van der Waals surface area contributed by atoms with Crippen molar-refractivity contribution in [1.29, 1.82) is 0 Å². The number of aryl methyl sites for hydroxylation is 1. The molecule has 5 heteroatoms. The van der Waals surface area contributed by atoms with E-state index in [9.17, 15) is 9.90 Å². The third-order valence-electron chi connectivity index (χ3n) is 3.54. The van der Waals surface area contributed by atoms with Gasteiger partial charge in [0.05, 0.1) is 5.54 Å². The number of benzene rings is 1. The Balaban J connectivity index is 2.15. The summed E-state index contributed by atoms with van der Waals surface area (Å²) in [6.07, 6.45) is 1.44. The van der Waals surface area contributed by atoms with E-state index in [0.29, 0.717) is 24.7 Å². The fraction of sp³-hybridized carbons (Fsp3) is 0.500. The number of nitrogens with one attached hydrogen (secondary N) is 1. The summed E-state index contributed by atoms with van der Waals surface area (Å²) in [7, 11) is 0. The molecule has 1 aromatic carbocycles. The number of carbonyl (C=O) groups is 1. The summed E-state index contributed by atoms with van der Waals surface area (Å²) in [6, 6.07) is 4.72. The van der Waals surface area contributed by atoms with Crippen molar-refractivity contribution in [3.8, 4) is 5.75 Å². The van der Waals surface area contributed by atoms with Crippen LogP contribution >= 0.6 is 11.6 Å². The molecular formula is C14H18ClNO3. The SMILES string of the molecule is Cc1cc(O)ccc1C(=O)NC1(CCl)CCOCC1. The maximum absolute atomic E-state index is 12.3. The Morgan fingerprint density at radius 1 is 1.47 bits per heavy atom. The number of phenolic OH excluding ortho intramolecular Hbond substituents is 1. The fourth-order valence-corrected chi connectivity index (χ4v) is 2.60. The van der Waals surface area contributed by atoms with E-state index in [1.807, 2.05) is 0 Å². The molecule has 19 heavy (non-hydrogen) atoms. The highest BCUT2D eigenvalue weighted by atomic mass is 35.5. The molecule has 0 aliphatic carbocycles. The molecule has 1 amide bonds. The van der Waals surface area contributed by atoms with Crippen LogP contribution in [0.2, 0.25) is 0 Å². The standard InChI is InChI=1S/C14H18ClNO3/c1-10-8-11(17)2-3-12(10)13(18)16-14(9-15)4-6-19-7-5-14/h2-3,8,17H,4-7,9H2,1H3,(H,16,18). The van der Waals surface area contributed by atoms with E-state index in [2.05, 4.69) is 5.32 Å². The first-order valence-corrected chi connectivity index (χ1v) is 6.86. The first kappa shape index (κ1) is 14.2. The molecule has 1 aromatic rings. The van der Waals surface area contributed by atoms with Gasteiger partial charge in [-0.3, -0.25) is 4.79 Å². The van der Waals surface area contributed by atoms with E-state index in [1.165, 1.54) is 6.07 Å². The lowest BCUT2D eigenvalue weighted by Crippen LogP contribution is -2.53. The Hall–Kier alpha value is -1.26. The summed E-state index contributed by atoms with van der Waals surface area (Å²) in [6.45, 7) is 3.02. The number of amides is 1. The zero-order chi connectivity index (χ0) is 13.9. The van der Waals surface area contributed by atoms with Crippen molar-refractivity contribution in [1.82, 2.24) is 5.32 Å². The van der Waals surface area contributed by atoms with E-state index >= 15 is 0 Å². The molecule has 0 unspecified atom stereocenters. The maximum Gasteiger partial charge on any atom is 0.252 e. The minimum Gasteiger partial charge on any atom is -0.508 e. The molecule has 0 atom stereocenters. The summed E-state index contributed by atoms with van der Waals surface area (Å²) in [5.74, 6) is 0.381. The Labute approximate surface area is 117 Å². The fourth-order valence-electron chi connectivity index (χ4n) is 2.26. The molecule has 0 saturated carbocycles. The minimum absolute atomic E-state index is 0.153. The average Bonchev–Trinajstić information content (AvgIpc) is 2.39. The number of phenols is 1. The van der Waals surface area contributed by atoms with Crippen molar-refractivity contribution in [2.45, 2.75) is 25.3 Å². The van der Waals surface area contributed by atoms with Gasteiger partial charge in [0.25, 0.3) is 5.91 Å². The third-order valence-corrected chi connectivity index (χ3v) is 4.05. The van der Waals surface area contributed by atoms with Crippen LogP contribution in [0.1, 0.15) is 28.8 Å². The van der Waals surface area contributed by atoms with Gasteiger partial charge in [-0.1, -0.05) is 0 Å². The lowest BCUT2D eigenvalue weighted by Gasteiger charge is -2.36. The lowest BCUT2D eigenvalue weighted by molar-refractivity contribution is 0.0433. The van der Waals surface area contributed by atoms with E-state index in [0.717, 1.165) is 18.4 Å². The van der Waals surface area contributed by atoms with E-state index in [1.54, 1.807) is 19.1 Å². The van der Waals surface area contributed by atoms with E-state index < -0.39 is 0 Å². The normalized spacial score (nSPS) is 18.0. The Morgan fingerprint density at radius 3 is 2.74 bits per heavy atom. The number of hydrogen-bond acceptors (Lipinski definition) is 3. The highest BCUT2D eigenvalue weighted by Gasteiger charge is 2.33. The number of carbonyl (C=O) groups excluding carboxylic acids is 1. The molecule has 1 saturated heterocycles. The molecule has 1 aliphatic heterocycles. The summed E-state index contributed by atoms with van der Waals surface area (Å²) in [5, 5.41) is 12.4. The molecule has 4 nitrogen and oxygen atoms in total. The topological polar surface area (TPSA) is 58.6 Å². The molecule has 104 valence electrons. The quantitative estimate of drug-likeness (QED) is 0.836. The Kier molecular flexibility index (Phi) is 4.32. The molecule has 0 spiro atoms. The average molecular weight is 284 g/mol. The van der Waals surface area contributed by atoms with Gasteiger partial charge in [0.2, 0.25) is 0 Å². The van der Waals surface area contributed by atoms with Gasteiger partial charge in [-0.2, -0.15) is 0 Å². The van der Waals surface area contributed by atoms with E-state index in [4.69, 9.17) is 16.3 Å². The highest BCUT2D eigenvalue weighted by Crippen LogP contribution is 2.24. The van der Waals surface area contributed by atoms with Crippen LogP contribution in [-0.2, 0) is 4.74 Å². The second-order valence-corrected chi connectivity index (χ2v) is 5.25. The van der Waals surface area contributed by atoms with E-state index in [-0.39, 0.29) is 17.2 Å². The van der Waals surface area contributed by atoms with Crippen LogP contribution < -0.4 is 5.32 Å². The predicted octanol–water partition coefficient (Wildman–Crippen LogP) is 2.22. The maximum atomic E-state index is 12.3. The highest BCUT2D eigenvalue weighted by molar-refractivity contribution is 6.19. The molecule has 1 aliphatic rings. The van der Waals surface area contributed by atoms with Crippen molar-refractivity contribution in [3.63, 3.8) is 0 Å². The van der Waals surface area contributed by atoms with Gasteiger partial charge in [-0.05, 0) is 43.5 Å². The molecular weight excluding hydrogens is 266 g/mol. The first-order chi connectivity index (χ1) is 9.06. The van der Waals surface area contributed by atoms with Crippen molar-refractivity contribution in [2.24, 2.45) is 0 Å². The van der Waals surface area contributed by atoms with Crippen LogP contribution in [-0.4, -0.2) is 35.6 Å². The van der Waals surface area contributed by atoms with Crippen molar-refractivity contribution in [3.05, 3.63) is 29.3 Å². The molecule has 1 heterocycles. The van der Waals surface area contributed by atoms with Gasteiger partial charge in [0, 0.05) is 24.7 Å². The van der Waals surface area contributed by atoms with Gasteiger partial charge >= 0.3 is 0 Å². The number of rotatable bonds is 3. The zero-order valence-electron chi connectivity index (χ0n) is 10.9. The second-order valence-electron chi connectivity index (χ2n) is 4.98. The van der Waals surface area contributed by atoms with Crippen LogP contribution in [0.4, 0.5) is 0 Å². The first-order valence-electron chi connectivity index (χ1n) is 6.32. The number of hydrogen-bond donors (Lipinski definition) is 2. The summed E-state index contributed by atoms with van der Waals surface area (Å²) in [5.41, 5.74) is 0.921. The van der Waals surface area contributed by atoms with Crippen LogP contribution in [0.15, 0.2) is 18.2 Å². The third kappa shape index (κ3) is 3.19. The Morgan fingerprint density at radius 2 is 2.16 bits per heavy atom. The minimum atomic E-state index is -0.388. The monoisotopic (exact) mass is 283 g/mol. The summed E-state index contributed by atoms with van der Waals surface area (Å²) in [4.78, 5) is 12.3. The number of alkyl halides is 1. The number of halogens is 1. The number of ether oxygens (including phenoxy) is 1. The molecule has 0 bridgehead atoms. The van der Waals surface area contributed by atoms with Gasteiger partial charge in [-0.25, -0.2) is 0 Å². The van der Waals surface area contributed by atoms with Crippen molar-refractivity contribution < 1.29 is 14.6 Å². The van der Waals surface area contributed by atoms with Crippen LogP contribution in [0, 0.1) is 6.92 Å². The molecule has 1 fully saturated rings. The van der Waals surface area contributed by atoms with Crippen LogP contribution in [0.5, 0.6) is 5.75 Å². The second kappa shape index (κ2) is 5.80. The lowest BCUT2D eigenvalue weighted by atomic mass is 9.91. The summed E-state index contributed by atoms with van der Waals surface area (Å²) >= 11 is 6.02. The number of aromatic hydroxyl groups is 1. The zero-order valence-corrected chi connectivity index (χ0v) is 11.7. The predicted molar refractivity (Wildman–Crippen MR) is 73.8 cm³/mol. The van der Waals surface area contributed by atoms with Crippen molar-refractivity contribution >= 4 is 17.5 Å². The largest absolute Gasteiger partial charge is 0.508 e. The van der Waals surface area contributed by atoms with Gasteiger partial charge in [0.15, 0.2) is 0 Å². The van der Waals surface area contributed by atoms with Crippen LogP contribution in [0.3, 0.4) is 0 Å². The van der Waals surface area contributed by atoms with Crippen molar-refractivity contribution in [2.75, 3.05) is 19.1 Å². The molecule has 0 aromatic heterocycles. The van der Waals surface area contributed by atoms with Gasteiger partial charge in [0.1, 0.15) is 5.75 Å². The summed E-state index contributed by atoms with van der Waals surface area (Å²) < 4.78 is 5.31. The molecule has 0 radical (unpaired) electrons.